The predicted molar refractivity (Wildman–Crippen MR) is 56.4 cm³/mol. The molecular weight excluding hydrogens is 233 g/mol. The lowest BCUT2D eigenvalue weighted by molar-refractivity contribution is 0.0690. The molecule has 1 heterocycles. The standard InChI is InChI=1S/C9H12NO5P/c11-9(12)8-4-3-7(6-10-8)2-1-5-16(13,14)15/h3-4,6H,1-2,5H2,(H,11,12)(H2,13,14,15). The second kappa shape index (κ2) is 5.21. The van der Waals surface area contributed by atoms with Crippen LogP contribution in [-0.4, -0.2) is 32.0 Å². The average Bonchev–Trinajstić information content (AvgIpc) is 2.16. The lowest BCUT2D eigenvalue weighted by Gasteiger charge is -2.03. The van der Waals surface area contributed by atoms with Crippen molar-refractivity contribution in [1.82, 2.24) is 4.98 Å². The minimum absolute atomic E-state index is 0.0428. The zero-order chi connectivity index (χ0) is 12.2. The molecule has 1 rings (SSSR count). The van der Waals surface area contributed by atoms with E-state index in [2.05, 4.69) is 4.98 Å². The van der Waals surface area contributed by atoms with Crippen molar-refractivity contribution in [2.75, 3.05) is 6.16 Å². The molecule has 0 spiro atoms. The van der Waals surface area contributed by atoms with E-state index in [1.807, 2.05) is 0 Å². The smallest absolute Gasteiger partial charge is 0.354 e. The van der Waals surface area contributed by atoms with Crippen LogP contribution in [-0.2, 0) is 11.0 Å². The summed E-state index contributed by atoms with van der Waals surface area (Å²) in [6.45, 7) is 0. The van der Waals surface area contributed by atoms with Crippen LogP contribution in [0.25, 0.3) is 0 Å². The highest BCUT2D eigenvalue weighted by Gasteiger charge is 2.11. The van der Waals surface area contributed by atoms with Crippen molar-refractivity contribution in [3.05, 3.63) is 29.6 Å². The first-order chi connectivity index (χ1) is 7.38. The summed E-state index contributed by atoms with van der Waals surface area (Å²) in [5.74, 6) is -1.10. The van der Waals surface area contributed by atoms with Crippen LogP contribution in [0.4, 0.5) is 0 Å². The molecule has 0 saturated carbocycles. The number of hydrogen-bond donors (Lipinski definition) is 3. The van der Waals surface area contributed by atoms with Gasteiger partial charge in [-0.3, -0.25) is 4.57 Å². The van der Waals surface area contributed by atoms with E-state index in [9.17, 15) is 9.36 Å². The molecule has 1 aromatic heterocycles. The summed E-state index contributed by atoms with van der Waals surface area (Å²) in [5.41, 5.74) is 0.720. The fourth-order valence-electron chi connectivity index (χ4n) is 1.19. The van der Waals surface area contributed by atoms with Gasteiger partial charge in [-0.15, -0.1) is 0 Å². The Morgan fingerprint density at radius 3 is 2.50 bits per heavy atom. The highest BCUT2D eigenvalue weighted by molar-refractivity contribution is 7.51. The van der Waals surface area contributed by atoms with Gasteiger partial charge in [0.1, 0.15) is 5.69 Å². The highest BCUT2D eigenvalue weighted by Crippen LogP contribution is 2.35. The molecule has 0 amide bonds. The Kier molecular flexibility index (Phi) is 4.18. The molecule has 0 aliphatic carbocycles. The summed E-state index contributed by atoms with van der Waals surface area (Å²) >= 11 is 0. The third kappa shape index (κ3) is 4.53. The third-order valence-corrected chi connectivity index (χ3v) is 2.86. The molecular formula is C9H12NO5P. The van der Waals surface area contributed by atoms with Crippen molar-refractivity contribution in [3.63, 3.8) is 0 Å². The molecule has 88 valence electrons. The minimum atomic E-state index is -3.94. The number of hydrogen-bond acceptors (Lipinski definition) is 3. The molecule has 3 N–H and O–H groups in total. The van der Waals surface area contributed by atoms with E-state index in [4.69, 9.17) is 14.9 Å². The number of pyridine rings is 1. The number of aromatic carboxylic acids is 1. The number of rotatable bonds is 5. The van der Waals surface area contributed by atoms with Crippen molar-refractivity contribution in [2.45, 2.75) is 12.8 Å². The summed E-state index contributed by atoms with van der Waals surface area (Å²) in [6, 6.07) is 2.96. The highest BCUT2D eigenvalue weighted by atomic mass is 31.2. The summed E-state index contributed by atoms with van der Waals surface area (Å²) in [5, 5.41) is 8.59. The quantitative estimate of drug-likeness (QED) is 0.665. The van der Waals surface area contributed by atoms with Gasteiger partial charge in [-0.25, -0.2) is 9.78 Å². The van der Waals surface area contributed by atoms with Crippen LogP contribution in [0.1, 0.15) is 22.5 Å². The maximum Gasteiger partial charge on any atom is 0.354 e. The maximum absolute atomic E-state index is 10.6. The Balaban J connectivity index is 2.50. The van der Waals surface area contributed by atoms with Gasteiger partial charge in [0.25, 0.3) is 0 Å². The molecule has 0 bridgehead atoms. The SMILES string of the molecule is O=C(O)c1ccc(CCCP(=O)(O)O)cn1. The third-order valence-electron chi connectivity index (χ3n) is 1.96. The van der Waals surface area contributed by atoms with Gasteiger partial charge in [-0.2, -0.15) is 0 Å². The Morgan fingerprint density at radius 2 is 2.06 bits per heavy atom. The number of carbonyl (C=O) groups is 1. The van der Waals surface area contributed by atoms with E-state index < -0.39 is 13.6 Å². The lowest BCUT2D eigenvalue weighted by atomic mass is 10.1. The van der Waals surface area contributed by atoms with Crippen molar-refractivity contribution < 1.29 is 24.3 Å². The van der Waals surface area contributed by atoms with Gasteiger partial charge in [0.15, 0.2) is 0 Å². The zero-order valence-corrected chi connectivity index (χ0v) is 9.30. The molecule has 0 radical (unpaired) electrons. The molecule has 0 aromatic carbocycles. The number of aromatic nitrogens is 1. The second-order valence-electron chi connectivity index (χ2n) is 3.35. The summed E-state index contributed by atoms with van der Waals surface area (Å²) < 4.78 is 10.6. The van der Waals surface area contributed by atoms with Crippen molar-refractivity contribution in [1.29, 1.82) is 0 Å². The second-order valence-corrected chi connectivity index (χ2v) is 5.13. The van der Waals surface area contributed by atoms with Crippen molar-refractivity contribution >= 4 is 13.6 Å². The van der Waals surface area contributed by atoms with Crippen LogP contribution in [0.15, 0.2) is 18.3 Å². The van der Waals surface area contributed by atoms with Crippen LogP contribution in [0.3, 0.4) is 0 Å². The number of nitrogens with zero attached hydrogens (tertiary/aromatic N) is 1. The van der Waals surface area contributed by atoms with Gasteiger partial charge >= 0.3 is 13.6 Å². The van der Waals surface area contributed by atoms with E-state index >= 15 is 0 Å². The topological polar surface area (TPSA) is 108 Å². The van der Waals surface area contributed by atoms with E-state index in [0.717, 1.165) is 5.56 Å². The van der Waals surface area contributed by atoms with E-state index in [-0.39, 0.29) is 11.9 Å². The maximum atomic E-state index is 10.6. The van der Waals surface area contributed by atoms with E-state index in [1.54, 1.807) is 6.07 Å². The summed E-state index contributed by atoms with van der Waals surface area (Å²) in [7, 11) is -3.94. The zero-order valence-electron chi connectivity index (χ0n) is 8.41. The molecule has 16 heavy (non-hydrogen) atoms. The molecule has 6 nitrogen and oxygen atoms in total. The molecule has 7 heteroatoms. The molecule has 0 aliphatic heterocycles. The monoisotopic (exact) mass is 245 g/mol. The molecule has 0 fully saturated rings. The molecule has 0 atom stereocenters. The fourth-order valence-corrected chi connectivity index (χ4v) is 1.76. The molecule has 0 unspecified atom stereocenters. The van der Waals surface area contributed by atoms with Crippen LogP contribution in [0, 0.1) is 0 Å². The number of aryl methyl sites for hydroxylation is 1. The van der Waals surface area contributed by atoms with Crippen molar-refractivity contribution in [2.24, 2.45) is 0 Å². The Morgan fingerprint density at radius 1 is 1.38 bits per heavy atom. The summed E-state index contributed by atoms with van der Waals surface area (Å²) in [4.78, 5) is 31.5. The van der Waals surface area contributed by atoms with Gasteiger partial charge < -0.3 is 14.9 Å². The average molecular weight is 245 g/mol. The largest absolute Gasteiger partial charge is 0.477 e. The Labute approximate surface area is 92.1 Å². The van der Waals surface area contributed by atoms with Crippen molar-refractivity contribution in [3.8, 4) is 0 Å². The molecule has 0 aliphatic rings. The first-order valence-electron chi connectivity index (χ1n) is 4.61. The van der Waals surface area contributed by atoms with E-state index in [0.29, 0.717) is 12.8 Å². The number of carboxylic acid groups (broad SMARTS) is 1. The molecule has 1 aromatic rings. The van der Waals surface area contributed by atoms with E-state index in [1.165, 1.54) is 12.3 Å². The van der Waals surface area contributed by atoms with Gasteiger partial charge in [-0.1, -0.05) is 6.07 Å². The van der Waals surface area contributed by atoms with Gasteiger partial charge in [0.05, 0.1) is 6.16 Å². The van der Waals surface area contributed by atoms with Crippen LogP contribution in [0.5, 0.6) is 0 Å². The van der Waals surface area contributed by atoms with Gasteiger partial charge in [-0.05, 0) is 24.5 Å². The Hall–Kier alpha value is -1.23. The minimum Gasteiger partial charge on any atom is -0.477 e. The van der Waals surface area contributed by atoms with Crippen LogP contribution < -0.4 is 0 Å². The Bertz CT molecular complexity index is 410. The molecule has 0 saturated heterocycles. The first-order valence-corrected chi connectivity index (χ1v) is 6.41. The predicted octanol–water partition coefficient (Wildman–Crippen LogP) is 0.890. The van der Waals surface area contributed by atoms with Crippen LogP contribution in [0.2, 0.25) is 0 Å². The van der Waals surface area contributed by atoms with Gasteiger partial charge in [0.2, 0.25) is 0 Å². The fraction of sp³-hybridized carbons (Fsp3) is 0.333. The lowest BCUT2D eigenvalue weighted by Crippen LogP contribution is -2.00. The first kappa shape index (κ1) is 12.8. The number of carboxylic acids is 1. The van der Waals surface area contributed by atoms with Gasteiger partial charge in [0, 0.05) is 6.20 Å². The van der Waals surface area contributed by atoms with Crippen LogP contribution >= 0.6 is 7.60 Å². The normalized spacial score (nSPS) is 11.4. The summed E-state index contributed by atoms with van der Waals surface area (Å²) in [6.07, 6.45) is 2.05.